The van der Waals surface area contributed by atoms with Gasteiger partial charge in [0.25, 0.3) is 0 Å². The van der Waals surface area contributed by atoms with Gasteiger partial charge in [0, 0.05) is 16.1 Å². The summed E-state index contributed by atoms with van der Waals surface area (Å²) in [6.45, 7) is 0. The van der Waals surface area contributed by atoms with Crippen LogP contribution in [-0.4, -0.2) is 10.3 Å². The predicted octanol–water partition coefficient (Wildman–Crippen LogP) is 5.21. The van der Waals surface area contributed by atoms with Crippen molar-refractivity contribution >= 4 is 11.6 Å². The van der Waals surface area contributed by atoms with Crippen LogP contribution in [0, 0.1) is 0 Å². The van der Waals surface area contributed by atoms with Crippen molar-refractivity contribution in [1.29, 1.82) is 0 Å². The molecule has 0 amide bonds. The van der Waals surface area contributed by atoms with Gasteiger partial charge in [-0.3, -0.25) is 0 Å². The Hall–Kier alpha value is -2.33. The molecule has 0 bridgehead atoms. The van der Waals surface area contributed by atoms with Crippen LogP contribution in [0.4, 0.5) is 0 Å². The van der Waals surface area contributed by atoms with Crippen LogP contribution in [0.3, 0.4) is 0 Å². The van der Waals surface area contributed by atoms with Crippen LogP contribution in [0.25, 0.3) is 0 Å². The molecule has 3 nitrogen and oxygen atoms in total. The number of hydrogen-bond donors (Lipinski definition) is 1. The fourth-order valence-corrected chi connectivity index (χ4v) is 3.21. The molecule has 2 unspecified atom stereocenters. The minimum absolute atomic E-state index is 0.295. The molecular formula is C20H16ClNO2. The Labute approximate surface area is 145 Å². The van der Waals surface area contributed by atoms with Gasteiger partial charge in [0.05, 0.1) is 6.04 Å². The normalized spacial score (nSPS) is 20.2. The molecule has 0 fully saturated rings. The maximum atomic E-state index is 10.9. The molecule has 0 spiro atoms. The second kappa shape index (κ2) is 6.29. The van der Waals surface area contributed by atoms with Crippen molar-refractivity contribution in [2.45, 2.75) is 12.3 Å². The fourth-order valence-electron chi connectivity index (χ4n) is 3.08. The van der Waals surface area contributed by atoms with Crippen molar-refractivity contribution in [3.8, 4) is 5.75 Å². The van der Waals surface area contributed by atoms with E-state index in [0.717, 1.165) is 22.4 Å². The zero-order chi connectivity index (χ0) is 16.5. The first-order chi connectivity index (χ1) is 11.7. The van der Waals surface area contributed by atoms with Crippen LogP contribution < -0.4 is 4.74 Å². The molecular weight excluding hydrogens is 322 g/mol. The molecule has 4 heteroatoms. The summed E-state index contributed by atoms with van der Waals surface area (Å²) in [4.78, 5) is 0. The highest BCUT2D eigenvalue weighted by molar-refractivity contribution is 6.30. The summed E-state index contributed by atoms with van der Waals surface area (Å²) in [6, 6.07) is 24.8. The molecule has 3 aromatic rings. The molecule has 0 saturated heterocycles. The molecule has 2 atom stereocenters. The van der Waals surface area contributed by atoms with E-state index in [0.29, 0.717) is 5.02 Å². The van der Waals surface area contributed by atoms with Crippen molar-refractivity contribution in [3.63, 3.8) is 0 Å². The molecule has 24 heavy (non-hydrogen) atoms. The quantitative estimate of drug-likeness (QED) is 0.696. The van der Waals surface area contributed by atoms with E-state index in [1.807, 2.05) is 66.7 Å². The number of ether oxygens (including phenoxy) is 1. The summed E-state index contributed by atoms with van der Waals surface area (Å²) in [5.74, 6) is 0.775. The highest BCUT2D eigenvalue weighted by Crippen LogP contribution is 2.44. The first-order valence-corrected chi connectivity index (χ1v) is 8.15. The van der Waals surface area contributed by atoms with Crippen LogP contribution >= 0.6 is 11.6 Å². The standard InChI is InChI=1S/C20H16ClNO2/c21-16-12-10-15(11-13-16)20-22(23)19(14-6-2-1-3-7-14)17-8-4-5-9-18(17)24-20/h1-13,19-20,23H. The highest BCUT2D eigenvalue weighted by Gasteiger charge is 2.36. The minimum Gasteiger partial charge on any atom is -0.468 e. The zero-order valence-electron chi connectivity index (χ0n) is 12.8. The molecule has 3 aromatic carbocycles. The van der Waals surface area contributed by atoms with Crippen molar-refractivity contribution < 1.29 is 9.94 Å². The third kappa shape index (κ3) is 2.67. The van der Waals surface area contributed by atoms with Gasteiger partial charge < -0.3 is 9.94 Å². The molecule has 1 aliphatic rings. The summed E-state index contributed by atoms with van der Waals surface area (Å²) in [7, 11) is 0. The van der Waals surface area contributed by atoms with E-state index in [2.05, 4.69) is 0 Å². The van der Waals surface area contributed by atoms with Gasteiger partial charge in [0.15, 0.2) is 0 Å². The van der Waals surface area contributed by atoms with E-state index >= 15 is 0 Å². The first-order valence-electron chi connectivity index (χ1n) is 7.77. The molecule has 4 rings (SSSR count). The van der Waals surface area contributed by atoms with Gasteiger partial charge in [-0.15, -0.1) is 5.06 Å². The van der Waals surface area contributed by atoms with Gasteiger partial charge in [-0.25, -0.2) is 0 Å². The summed E-state index contributed by atoms with van der Waals surface area (Å²) in [5, 5.41) is 12.8. The van der Waals surface area contributed by atoms with Gasteiger partial charge in [-0.1, -0.05) is 72.3 Å². The Morgan fingerprint density at radius 3 is 2.21 bits per heavy atom. The topological polar surface area (TPSA) is 32.7 Å². The molecule has 1 aliphatic heterocycles. The lowest BCUT2D eigenvalue weighted by Crippen LogP contribution is -2.37. The van der Waals surface area contributed by atoms with Crippen LogP contribution in [0.2, 0.25) is 5.02 Å². The second-order valence-corrected chi connectivity index (χ2v) is 6.19. The lowest BCUT2D eigenvalue weighted by atomic mass is 9.95. The van der Waals surface area contributed by atoms with E-state index in [9.17, 15) is 5.21 Å². The third-order valence-electron chi connectivity index (χ3n) is 4.23. The average Bonchev–Trinajstić information content (AvgIpc) is 2.63. The number of hydroxylamine groups is 2. The Morgan fingerprint density at radius 1 is 0.792 bits per heavy atom. The number of para-hydroxylation sites is 1. The second-order valence-electron chi connectivity index (χ2n) is 5.75. The Balaban J connectivity index is 1.82. The van der Waals surface area contributed by atoms with E-state index in [1.54, 1.807) is 12.1 Å². The lowest BCUT2D eigenvalue weighted by molar-refractivity contribution is -0.220. The summed E-state index contributed by atoms with van der Waals surface area (Å²) in [5.41, 5.74) is 2.79. The van der Waals surface area contributed by atoms with Crippen LogP contribution in [0.1, 0.15) is 29.0 Å². The monoisotopic (exact) mass is 337 g/mol. The van der Waals surface area contributed by atoms with Crippen molar-refractivity contribution in [2.75, 3.05) is 0 Å². The van der Waals surface area contributed by atoms with Crippen molar-refractivity contribution in [1.82, 2.24) is 5.06 Å². The minimum atomic E-state index is -0.595. The molecule has 120 valence electrons. The number of halogens is 1. The van der Waals surface area contributed by atoms with E-state index in [1.165, 1.54) is 5.06 Å². The molecule has 0 saturated carbocycles. The van der Waals surface area contributed by atoms with Gasteiger partial charge >= 0.3 is 0 Å². The van der Waals surface area contributed by atoms with Gasteiger partial charge in [0.1, 0.15) is 5.75 Å². The lowest BCUT2D eigenvalue weighted by Gasteiger charge is -2.39. The Morgan fingerprint density at radius 2 is 1.46 bits per heavy atom. The average molecular weight is 338 g/mol. The molecule has 0 aromatic heterocycles. The Kier molecular flexibility index (Phi) is 3.98. The number of nitrogens with zero attached hydrogens (tertiary/aromatic N) is 1. The SMILES string of the molecule is ON1C(c2ccc(Cl)cc2)Oc2ccccc2C1c1ccccc1. The summed E-state index contributed by atoms with van der Waals surface area (Å²) >= 11 is 5.98. The van der Waals surface area contributed by atoms with E-state index in [4.69, 9.17) is 16.3 Å². The maximum Gasteiger partial charge on any atom is 0.201 e. The smallest absolute Gasteiger partial charge is 0.201 e. The first kappa shape index (κ1) is 15.2. The van der Waals surface area contributed by atoms with Crippen LogP contribution in [0.5, 0.6) is 5.75 Å². The highest BCUT2D eigenvalue weighted by atomic mass is 35.5. The van der Waals surface area contributed by atoms with Gasteiger partial charge in [0.2, 0.25) is 6.23 Å². The number of rotatable bonds is 2. The fraction of sp³-hybridized carbons (Fsp3) is 0.100. The molecule has 0 aliphatic carbocycles. The van der Waals surface area contributed by atoms with Gasteiger partial charge in [-0.05, 0) is 23.8 Å². The summed E-state index contributed by atoms with van der Waals surface area (Å²) in [6.07, 6.45) is -0.595. The van der Waals surface area contributed by atoms with E-state index in [-0.39, 0.29) is 6.04 Å². The number of benzene rings is 3. The summed E-state index contributed by atoms with van der Waals surface area (Å²) < 4.78 is 6.05. The zero-order valence-corrected chi connectivity index (χ0v) is 13.6. The Bertz CT molecular complexity index is 836. The van der Waals surface area contributed by atoms with Crippen LogP contribution in [0.15, 0.2) is 78.9 Å². The third-order valence-corrected chi connectivity index (χ3v) is 4.48. The molecule has 0 radical (unpaired) electrons. The number of hydrogen-bond acceptors (Lipinski definition) is 3. The number of fused-ring (bicyclic) bond motifs is 1. The predicted molar refractivity (Wildman–Crippen MR) is 93.2 cm³/mol. The van der Waals surface area contributed by atoms with Gasteiger partial charge in [-0.2, -0.15) is 0 Å². The maximum absolute atomic E-state index is 10.9. The molecule has 1 heterocycles. The molecule has 1 N–H and O–H groups in total. The van der Waals surface area contributed by atoms with Crippen LogP contribution in [-0.2, 0) is 0 Å². The van der Waals surface area contributed by atoms with Crippen molar-refractivity contribution in [3.05, 3.63) is 101 Å². The van der Waals surface area contributed by atoms with Crippen molar-refractivity contribution in [2.24, 2.45) is 0 Å². The largest absolute Gasteiger partial charge is 0.468 e. The van der Waals surface area contributed by atoms with E-state index < -0.39 is 6.23 Å².